The van der Waals surface area contributed by atoms with Gasteiger partial charge in [-0.1, -0.05) is 0 Å². The van der Waals surface area contributed by atoms with Crippen LogP contribution in [-0.4, -0.2) is 29.0 Å². The Balaban J connectivity index is 2.56. The van der Waals surface area contributed by atoms with Crippen molar-refractivity contribution in [3.05, 3.63) is 23.8 Å². The molecule has 0 radical (unpaired) electrons. The predicted molar refractivity (Wildman–Crippen MR) is 52.8 cm³/mol. The molecule has 0 saturated carbocycles. The minimum absolute atomic E-state index is 0.142. The lowest BCUT2D eigenvalue weighted by atomic mass is 10.2. The fourth-order valence-corrected chi connectivity index (χ4v) is 1.01. The number of aryl methyl sites for hydroxylation is 1. The molecule has 0 bridgehead atoms. The molecule has 76 valence electrons. The average molecular weight is 194 g/mol. The summed E-state index contributed by atoms with van der Waals surface area (Å²) in [6, 6.07) is 0. The molecule has 0 aliphatic rings. The van der Waals surface area contributed by atoms with Gasteiger partial charge in [-0.3, -0.25) is 4.79 Å². The van der Waals surface area contributed by atoms with Crippen molar-refractivity contribution in [1.29, 1.82) is 0 Å². The van der Waals surface area contributed by atoms with Gasteiger partial charge in [0.05, 0.1) is 11.3 Å². The molecule has 14 heavy (non-hydrogen) atoms. The van der Waals surface area contributed by atoms with Crippen LogP contribution in [-0.2, 0) is 0 Å². The van der Waals surface area contributed by atoms with Crippen molar-refractivity contribution in [2.24, 2.45) is 5.73 Å². The number of carbonyl (C=O) groups excluding carboxylic acids is 1. The van der Waals surface area contributed by atoms with Crippen molar-refractivity contribution in [2.75, 3.05) is 13.1 Å². The van der Waals surface area contributed by atoms with E-state index in [9.17, 15) is 4.79 Å². The topological polar surface area (TPSA) is 80.9 Å². The zero-order valence-corrected chi connectivity index (χ0v) is 8.16. The van der Waals surface area contributed by atoms with E-state index in [1.807, 2.05) is 0 Å². The molecule has 1 amide bonds. The Morgan fingerprint density at radius 1 is 1.64 bits per heavy atom. The van der Waals surface area contributed by atoms with E-state index in [2.05, 4.69) is 15.3 Å². The highest BCUT2D eigenvalue weighted by Gasteiger charge is 2.08. The average Bonchev–Trinajstić information content (AvgIpc) is 2.18. The van der Waals surface area contributed by atoms with Crippen LogP contribution in [0, 0.1) is 6.92 Å². The van der Waals surface area contributed by atoms with E-state index in [1.54, 1.807) is 6.92 Å². The molecular formula is C9H14N4O. The van der Waals surface area contributed by atoms with Gasteiger partial charge in [0.2, 0.25) is 0 Å². The summed E-state index contributed by atoms with van der Waals surface area (Å²) < 4.78 is 0. The van der Waals surface area contributed by atoms with Crippen LogP contribution >= 0.6 is 0 Å². The van der Waals surface area contributed by atoms with Crippen molar-refractivity contribution in [1.82, 2.24) is 15.3 Å². The Morgan fingerprint density at radius 3 is 3.07 bits per heavy atom. The van der Waals surface area contributed by atoms with Gasteiger partial charge in [-0.25, -0.2) is 9.97 Å². The van der Waals surface area contributed by atoms with Crippen LogP contribution in [0.4, 0.5) is 0 Å². The summed E-state index contributed by atoms with van der Waals surface area (Å²) in [5, 5.41) is 2.74. The number of nitrogens with one attached hydrogen (secondary N) is 1. The van der Waals surface area contributed by atoms with Crippen molar-refractivity contribution in [2.45, 2.75) is 13.3 Å². The fraction of sp³-hybridized carbons (Fsp3) is 0.444. The van der Waals surface area contributed by atoms with Crippen LogP contribution in [0.1, 0.15) is 22.5 Å². The molecule has 1 heterocycles. The van der Waals surface area contributed by atoms with Crippen LogP contribution in [0.15, 0.2) is 12.5 Å². The van der Waals surface area contributed by atoms with Crippen molar-refractivity contribution >= 4 is 5.91 Å². The molecule has 0 saturated heterocycles. The third-order valence-corrected chi connectivity index (χ3v) is 1.82. The van der Waals surface area contributed by atoms with Crippen LogP contribution < -0.4 is 11.1 Å². The highest BCUT2D eigenvalue weighted by Crippen LogP contribution is 2.00. The Labute approximate surface area is 82.7 Å². The first kappa shape index (κ1) is 10.6. The van der Waals surface area contributed by atoms with Crippen LogP contribution in [0.3, 0.4) is 0 Å². The van der Waals surface area contributed by atoms with Gasteiger partial charge in [0, 0.05) is 12.7 Å². The third-order valence-electron chi connectivity index (χ3n) is 1.82. The van der Waals surface area contributed by atoms with Crippen LogP contribution in [0.5, 0.6) is 0 Å². The maximum absolute atomic E-state index is 11.5. The second kappa shape index (κ2) is 5.29. The summed E-state index contributed by atoms with van der Waals surface area (Å²) in [4.78, 5) is 19.2. The van der Waals surface area contributed by atoms with E-state index >= 15 is 0 Å². The first-order valence-corrected chi connectivity index (χ1v) is 4.50. The lowest BCUT2D eigenvalue weighted by Gasteiger charge is -2.04. The molecule has 0 aromatic carbocycles. The van der Waals surface area contributed by atoms with E-state index in [0.29, 0.717) is 24.3 Å². The summed E-state index contributed by atoms with van der Waals surface area (Å²) in [7, 11) is 0. The van der Waals surface area contributed by atoms with Crippen molar-refractivity contribution in [3.63, 3.8) is 0 Å². The number of nitrogens with zero attached hydrogens (tertiary/aromatic N) is 2. The molecular weight excluding hydrogens is 180 g/mol. The van der Waals surface area contributed by atoms with Gasteiger partial charge in [0.15, 0.2) is 0 Å². The van der Waals surface area contributed by atoms with E-state index in [-0.39, 0.29) is 5.91 Å². The maximum atomic E-state index is 11.5. The Hall–Kier alpha value is -1.49. The molecule has 1 aromatic heterocycles. The van der Waals surface area contributed by atoms with E-state index < -0.39 is 0 Å². The number of nitrogens with two attached hydrogens (primary N) is 1. The van der Waals surface area contributed by atoms with E-state index in [1.165, 1.54) is 12.5 Å². The maximum Gasteiger partial charge on any atom is 0.254 e. The number of hydrogen-bond donors (Lipinski definition) is 2. The summed E-state index contributed by atoms with van der Waals surface area (Å²) in [6.45, 7) is 2.94. The largest absolute Gasteiger partial charge is 0.352 e. The van der Waals surface area contributed by atoms with E-state index in [4.69, 9.17) is 5.73 Å². The Morgan fingerprint density at radius 2 is 2.43 bits per heavy atom. The molecule has 5 nitrogen and oxygen atoms in total. The fourth-order valence-electron chi connectivity index (χ4n) is 1.01. The molecule has 1 aromatic rings. The number of aromatic nitrogens is 2. The zero-order chi connectivity index (χ0) is 10.4. The third kappa shape index (κ3) is 2.77. The summed E-state index contributed by atoms with van der Waals surface area (Å²) in [5.41, 5.74) is 6.51. The first-order valence-electron chi connectivity index (χ1n) is 4.50. The second-order valence-electron chi connectivity index (χ2n) is 2.92. The molecule has 0 fully saturated rings. The number of rotatable bonds is 4. The van der Waals surface area contributed by atoms with E-state index in [0.717, 1.165) is 6.42 Å². The van der Waals surface area contributed by atoms with Gasteiger partial charge in [-0.15, -0.1) is 0 Å². The number of hydrogen-bond acceptors (Lipinski definition) is 4. The quantitative estimate of drug-likeness (QED) is 0.654. The SMILES string of the molecule is Cc1ncncc1C(=O)NCCCN. The normalized spacial score (nSPS) is 9.86. The monoisotopic (exact) mass is 194 g/mol. The minimum atomic E-state index is -0.142. The highest BCUT2D eigenvalue weighted by molar-refractivity contribution is 5.94. The number of carbonyl (C=O) groups is 1. The standard InChI is InChI=1S/C9H14N4O/c1-7-8(5-11-6-13-7)9(14)12-4-2-3-10/h5-6H,2-4,10H2,1H3,(H,12,14). The van der Waals surface area contributed by atoms with Crippen molar-refractivity contribution in [3.8, 4) is 0 Å². The highest BCUT2D eigenvalue weighted by atomic mass is 16.1. The second-order valence-corrected chi connectivity index (χ2v) is 2.92. The van der Waals surface area contributed by atoms with Gasteiger partial charge >= 0.3 is 0 Å². The molecule has 0 unspecified atom stereocenters. The molecule has 0 aliphatic heterocycles. The molecule has 3 N–H and O–H groups in total. The van der Waals surface area contributed by atoms with Crippen LogP contribution in [0.25, 0.3) is 0 Å². The number of amides is 1. The molecule has 5 heteroatoms. The predicted octanol–water partition coefficient (Wildman–Crippen LogP) is -0.136. The lowest BCUT2D eigenvalue weighted by Crippen LogP contribution is -2.26. The lowest BCUT2D eigenvalue weighted by molar-refractivity contribution is 0.0952. The summed E-state index contributed by atoms with van der Waals surface area (Å²) >= 11 is 0. The Bertz CT molecular complexity index is 313. The van der Waals surface area contributed by atoms with Crippen LogP contribution in [0.2, 0.25) is 0 Å². The first-order chi connectivity index (χ1) is 6.75. The van der Waals surface area contributed by atoms with Gasteiger partial charge in [0.1, 0.15) is 6.33 Å². The minimum Gasteiger partial charge on any atom is -0.352 e. The summed E-state index contributed by atoms with van der Waals surface area (Å²) in [5.74, 6) is -0.142. The molecule has 1 rings (SSSR count). The van der Waals surface area contributed by atoms with Gasteiger partial charge < -0.3 is 11.1 Å². The smallest absolute Gasteiger partial charge is 0.254 e. The molecule has 0 atom stereocenters. The molecule has 0 aliphatic carbocycles. The zero-order valence-electron chi connectivity index (χ0n) is 8.16. The summed E-state index contributed by atoms with van der Waals surface area (Å²) in [6.07, 6.45) is 3.71. The van der Waals surface area contributed by atoms with Gasteiger partial charge in [0.25, 0.3) is 5.91 Å². The molecule has 0 spiro atoms. The van der Waals surface area contributed by atoms with Gasteiger partial charge in [-0.2, -0.15) is 0 Å². The Kier molecular flexibility index (Phi) is 4.00. The van der Waals surface area contributed by atoms with Crippen molar-refractivity contribution < 1.29 is 4.79 Å². The van der Waals surface area contributed by atoms with Gasteiger partial charge in [-0.05, 0) is 19.9 Å².